The predicted molar refractivity (Wildman–Crippen MR) is 77.4 cm³/mol. The number of aromatic nitrogens is 1. The quantitative estimate of drug-likeness (QED) is 0.895. The third-order valence-corrected chi connectivity index (χ3v) is 2.98. The molecule has 1 aromatic carbocycles. The molecule has 2 amide bonds. The highest BCUT2D eigenvalue weighted by atomic mass is 16.5. The average Bonchev–Trinajstić information content (AvgIpc) is 2.82. The number of amides is 2. The van der Waals surface area contributed by atoms with Crippen molar-refractivity contribution in [1.29, 1.82) is 0 Å². The van der Waals surface area contributed by atoms with Crippen LogP contribution in [0, 0.1) is 12.8 Å². The number of hydrogen-bond acceptors (Lipinski definition) is 3. The van der Waals surface area contributed by atoms with Crippen molar-refractivity contribution in [3.05, 3.63) is 47.7 Å². The maximum absolute atomic E-state index is 12.0. The smallest absolute Gasteiger partial charge is 0.320 e. The van der Waals surface area contributed by atoms with E-state index >= 15 is 0 Å². The molecule has 2 rings (SSSR count). The second-order valence-electron chi connectivity index (χ2n) is 5.05. The van der Waals surface area contributed by atoms with Gasteiger partial charge >= 0.3 is 6.03 Å². The first-order valence-electron chi connectivity index (χ1n) is 6.62. The van der Waals surface area contributed by atoms with Crippen LogP contribution in [0.2, 0.25) is 0 Å². The van der Waals surface area contributed by atoms with E-state index in [2.05, 4.69) is 29.6 Å². The molecule has 0 aliphatic heterocycles. The molecule has 0 saturated carbocycles. The first-order chi connectivity index (χ1) is 9.56. The molecule has 106 valence electrons. The van der Waals surface area contributed by atoms with E-state index in [9.17, 15) is 4.79 Å². The van der Waals surface area contributed by atoms with Gasteiger partial charge in [0.05, 0.1) is 6.04 Å². The molecule has 20 heavy (non-hydrogen) atoms. The summed E-state index contributed by atoms with van der Waals surface area (Å²) in [7, 11) is 0. The minimum Gasteiger partial charge on any atom is -0.360 e. The normalized spacial score (nSPS) is 12.2. The van der Waals surface area contributed by atoms with Gasteiger partial charge in [0.1, 0.15) is 5.76 Å². The Kier molecular flexibility index (Phi) is 4.40. The zero-order chi connectivity index (χ0) is 14.5. The molecule has 2 aromatic rings. The van der Waals surface area contributed by atoms with Crippen molar-refractivity contribution in [2.24, 2.45) is 5.92 Å². The largest absolute Gasteiger partial charge is 0.360 e. The van der Waals surface area contributed by atoms with Crippen LogP contribution in [0.4, 0.5) is 10.6 Å². The minimum absolute atomic E-state index is 0.0517. The van der Waals surface area contributed by atoms with E-state index in [1.165, 1.54) is 0 Å². The van der Waals surface area contributed by atoms with Gasteiger partial charge in [-0.25, -0.2) is 4.79 Å². The van der Waals surface area contributed by atoms with Gasteiger partial charge in [0, 0.05) is 6.07 Å². The molecular weight excluding hydrogens is 254 g/mol. The first-order valence-corrected chi connectivity index (χ1v) is 6.62. The fourth-order valence-electron chi connectivity index (χ4n) is 2.01. The Morgan fingerprint density at radius 1 is 1.25 bits per heavy atom. The SMILES string of the molecule is Cc1cc(NC(=O)NC(c2ccccc2)C(C)C)no1. The van der Waals surface area contributed by atoms with Gasteiger partial charge in [0.15, 0.2) is 5.82 Å². The topological polar surface area (TPSA) is 67.2 Å². The van der Waals surface area contributed by atoms with Gasteiger partial charge in [-0.2, -0.15) is 0 Å². The molecule has 1 atom stereocenters. The Hall–Kier alpha value is -2.30. The molecule has 1 unspecified atom stereocenters. The van der Waals surface area contributed by atoms with E-state index in [0.717, 1.165) is 5.56 Å². The Labute approximate surface area is 118 Å². The van der Waals surface area contributed by atoms with E-state index in [-0.39, 0.29) is 18.0 Å². The number of rotatable bonds is 4. The second-order valence-corrected chi connectivity index (χ2v) is 5.05. The van der Waals surface area contributed by atoms with Gasteiger partial charge < -0.3 is 9.84 Å². The van der Waals surface area contributed by atoms with Crippen molar-refractivity contribution < 1.29 is 9.32 Å². The number of urea groups is 1. The van der Waals surface area contributed by atoms with E-state index in [1.807, 2.05) is 30.3 Å². The fraction of sp³-hybridized carbons (Fsp3) is 0.333. The van der Waals surface area contributed by atoms with E-state index in [4.69, 9.17) is 4.52 Å². The van der Waals surface area contributed by atoms with Crippen LogP contribution in [-0.4, -0.2) is 11.2 Å². The Balaban J connectivity index is 2.03. The molecule has 0 bridgehead atoms. The van der Waals surface area contributed by atoms with Crippen LogP contribution in [0.5, 0.6) is 0 Å². The predicted octanol–water partition coefficient (Wildman–Crippen LogP) is 3.50. The summed E-state index contributed by atoms with van der Waals surface area (Å²) in [5.41, 5.74) is 1.08. The lowest BCUT2D eigenvalue weighted by molar-refractivity contribution is 0.244. The van der Waals surface area contributed by atoms with E-state index in [0.29, 0.717) is 11.6 Å². The summed E-state index contributed by atoms with van der Waals surface area (Å²) >= 11 is 0. The van der Waals surface area contributed by atoms with Gasteiger partial charge in [-0.3, -0.25) is 5.32 Å². The van der Waals surface area contributed by atoms with Crippen LogP contribution in [0.1, 0.15) is 31.2 Å². The Bertz CT molecular complexity index is 564. The highest BCUT2D eigenvalue weighted by molar-refractivity contribution is 5.88. The molecule has 0 aliphatic carbocycles. The summed E-state index contributed by atoms with van der Waals surface area (Å²) in [5, 5.41) is 9.36. The summed E-state index contributed by atoms with van der Waals surface area (Å²) in [6, 6.07) is 11.2. The zero-order valence-electron chi connectivity index (χ0n) is 11.9. The molecular formula is C15H19N3O2. The van der Waals surface area contributed by atoms with Crippen molar-refractivity contribution in [1.82, 2.24) is 10.5 Å². The third-order valence-electron chi connectivity index (χ3n) is 2.98. The van der Waals surface area contributed by atoms with E-state index < -0.39 is 0 Å². The number of hydrogen-bond donors (Lipinski definition) is 2. The molecule has 0 saturated heterocycles. The number of aryl methyl sites for hydroxylation is 1. The molecule has 1 heterocycles. The molecule has 2 N–H and O–H groups in total. The van der Waals surface area contributed by atoms with Crippen LogP contribution in [0.15, 0.2) is 40.9 Å². The van der Waals surface area contributed by atoms with Crippen LogP contribution >= 0.6 is 0 Å². The molecule has 0 aliphatic rings. The van der Waals surface area contributed by atoms with Crippen molar-refractivity contribution >= 4 is 11.8 Å². The standard InChI is InChI=1S/C15H19N3O2/c1-10(2)14(12-7-5-4-6-8-12)17-15(19)16-13-9-11(3)20-18-13/h4-10,14H,1-3H3,(H2,16,17,18,19). The summed E-state index contributed by atoms with van der Waals surface area (Å²) < 4.78 is 4.91. The third kappa shape index (κ3) is 3.60. The van der Waals surface area contributed by atoms with Crippen molar-refractivity contribution in [2.45, 2.75) is 26.8 Å². The van der Waals surface area contributed by atoms with Gasteiger partial charge in [-0.15, -0.1) is 0 Å². The fourth-order valence-corrected chi connectivity index (χ4v) is 2.01. The number of nitrogens with one attached hydrogen (secondary N) is 2. The zero-order valence-corrected chi connectivity index (χ0v) is 11.9. The van der Waals surface area contributed by atoms with E-state index in [1.54, 1.807) is 13.0 Å². The molecule has 0 radical (unpaired) electrons. The van der Waals surface area contributed by atoms with Crippen LogP contribution in [0.3, 0.4) is 0 Å². The van der Waals surface area contributed by atoms with Crippen LogP contribution < -0.4 is 10.6 Å². The molecule has 0 fully saturated rings. The number of anilines is 1. The maximum atomic E-state index is 12.0. The monoisotopic (exact) mass is 273 g/mol. The number of benzene rings is 1. The number of carbonyl (C=O) groups excluding carboxylic acids is 1. The van der Waals surface area contributed by atoms with Gasteiger partial charge in [0.2, 0.25) is 0 Å². The van der Waals surface area contributed by atoms with Gasteiger partial charge in [-0.1, -0.05) is 49.3 Å². The molecule has 0 spiro atoms. The van der Waals surface area contributed by atoms with Crippen molar-refractivity contribution in [2.75, 3.05) is 5.32 Å². The number of carbonyl (C=O) groups is 1. The highest BCUT2D eigenvalue weighted by Crippen LogP contribution is 2.21. The van der Waals surface area contributed by atoms with Crippen molar-refractivity contribution in [3.8, 4) is 0 Å². The molecule has 5 nitrogen and oxygen atoms in total. The Morgan fingerprint density at radius 3 is 2.50 bits per heavy atom. The summed E-state index contributed by atoms with van der Waals surface area (Å²) in [6.07, 6.45) is 0. The number of nitrogens with zero attached hydrogens (tertiary/aromatic N) is 1. The van der Waals surface area contributed by atoms with Crippen LogP contribution in [0.25, 0.3) is 0 Å². The highest BCUT2D eigenvalue weighted by Gasteiger charge is 2.18. The summed E-state index contributed by atoms with van der Waals surface area (Å²) in [4.78, 5) is 12.0. The summed E-state index contributed by atoms with van der Waals surface area (Å²) in [5.74, 6) is 1.35. The van der Waals surface area contributed by atoms with Crippen molar-refractivity contribution in [3.63, 3.8) is 0 Å². The summed E-state index contributed by atoms with van der Waals surface area (Å²) in [6.45, 7) is 5.91. The van der Waals surface area contributed by atoms with Crippen LogP contribution in [-0.2, 0) is 0 Å². The average molecular weight is 273 g/mol. The lowest BCUT2D eigenvalue weighted by Gasteiger charge is -2.22. The minimum atomic E-state index is -0.291. The second kappa shape index (κ2) is 6.23. The van der Waals surface area contributed by atoms with Gasteiger partial charge in [-0.05, 0) is 18.4 Å². The lowest BCUT2D eigenvalue weighted by Crippen LogP contribution is -2.35. The van der Waals surface area contributed by atoms with Gasteiger partial charge in [0.25, 0.3) is 0 Å². The Morgan fingerprint density at radius 2 is 1.95 bits per heavy atom. The lowest BCUT2D eigenvalue weighted by atomic mass is 9.96. The first kappa shape index (κ1) is 14.1. The molecule has 5 heteroatoms. The maximum Gasteiger partial charge on any atom is 0.320 e. The molecule has 1 aromatic heterocycles.